The molecule has 3 N–H and O–H groups in total. The van der Waals surface area contributed by atoms with Crippen molar-refractivity contribution in [3.8, 4) is 0 Å². The fraction of sp³-hybridized carbons (Fsp3) is 0.615. The van der Waals surface area contributed by atoms with E-state index in [1.165, 1.54) is 6.08 Å². The van der Waals surface area contributed by atoms with Crippen LogP contribution in [0.3, 0.4) is 0 Å². The molecule has 19 heavy (non-hydrogen) atoms. The van der Waals surface area contributed by atoms with Crippen LogP contribution in [-0.4, -0.2) is 34.1 Å². The van der Waals surface area contributed by atoms with Crippen LogP contribution in [0.2, 0.25) is 0 Å². The predicted octanol–water partition coefficient (Wildman–Crippen LogP) is 1.56. The summed E-state index contributed by atoms with van der Waals surface area (Å²) in [6.45, 7) is 2.08. The van der Waals surface area contributed by atoms with E-state index in [4.69, 9.17) is 10.2 Å². The van der Waals surface area contributed by atoms with Gasteiger partial charge in [0.15, 0.2) is 0 Å². The molecule has 0 fully saturated rings. The highest BCUT2D eigenvalue weighted by atomic mass is 16.4. The van der Waals surface area contributed by atoms with Crippen LogP contribution in [0.5, 0.6) is 0 Å². The van der Waals surface area contributed by atoms with Crippen molar-refractivity contribution in [1.29, 1.82) is 0 Å². The van der Waals surface area contributed by atoms with Gasteiger partial charge < -0.3 is 15.5 Å². The van der Waals surface area contributed by atoms with Gasteiger partial charge in [-0.2, -0.15) is 0 Å². The van der Waals surface area contributed by atoms with Crippen LogP contribution in [0.4, 0.5) is 0 Å². The molecule has 0 aliphatic carbocycles. The molecule has 6 heteroatoms. The van der Waals surface area contributed by atoms with Crippen LogP contribution in [0, 0.1) is 0 Å². The van der Waals surface area contributed by atoms with Gasteiger partial charge in [-0.1, -0.05) is 25.8 Å². The first-order valence-electron chi connectivity index (χ1n) is 6.39. The number of rotatable bonds is 10. The Morgan fingerprint density at radius 3 is 2.42 bits per heavy atom. The number of aliphatic carboxylic acids is 2. The lowest BCUT2D eigenvalue weighted by atomic mass is 10.1. The second-order valence-corrected chi connectivity index (χ2v) is 4.23. The quantitative estimate of drug-likeness (QED) is 0.413. The van der Waals surface area contributed by atoms with Gasteiger partial charge in [-0.3, -0.25) is 9.59 Å². The van der Waals surface area contributed by atoms with Gasteiger partial charge in [0.05, 0.1) is 0 Å². The molecule has 0 rings (SSSR count). The number of unbranched alkanes of at least 4 members (excludes halogenated alkanes) is 3. The van der Waals surface area contributed by atoms with Gasteiger partial charge >= 0.3 is 11.9 Å². The number of hydrogen-bond donors (Lipinski definition) is 3. The van der Waals surface area contributed by atoms with E-state index >= 15 is 0 Å². The van der Waals surface area contributed by atoms with Crippen LogP contribution in [-0.2, 0) is 14.4 Å². The van der Waals surface area contributed by atoms with Crippen molar-refractivity contribution in [1.82, 2.24) is 5.32 Å². The van der Waals surface area contributed by atoms with E-state index in [2.05, 4.69) is 12.2 Å². The number of hydrogen-bond acceptors (Lipinski definition) is 3. The summed E-state index contributed by atoms with van der Waals surface area (Å²) in [5, 5.41) is 19.6. The third-order valence-corrected chi connectivity index (χ3v) is 2.51. The largest absolute Gasteiger partial charge is 0.481 e. The minimum Gasteiger partial charge on any atom is -0.481 e. The summed E-state index contributed by atoms with van der Waals surface area (Å²) in [5.41, 5.74) is 0. The Hall–Kier alpha value is -1.85. The van der Waals surface area contributed by atoms with E-state index in [9.17, 15) is 14.4 Å². The first-order chi connectivity index (χ1) is 8.97. The topological polar surface area (TPSA) is 104 Å². The van der Waals surface area contributed by atoms with Crippen molar-refractivity contribution in [3.63, 3.8) is 0 Å². The number of carbonyl (C=O) groups excluding carboxylic acids is 1. The highest BCUT2D eigenvalue weighted by Gasteiger charge is 2.19. The van der Waals surface area contributed by atoms with Gasteiger partial charge in [-0.25, -0.2) is 4.79 Å². The standard InChI is InChI=1S/C13H21NO5/c1-2-3-4-5-6-7-11(15)14-10(13(18)19)8-9-12(16)17/h6-7,10H,2-5,8-9H2,1H3,(H,14,15)(H,16,17)(H,18,19)/b7-6+. The number of carbonyl (C=O) groups is 3. The van der Waals surface area contributed by atoms with Crippen molar-refractivity contribution in [2.45, 2.75) is 51.5 Å². The predicted molar refractivity (Wildman–Crippen MR) is 69.7 cm³/mol. The molecule has 0 aliphatic heterocycles. The molecule has 0 bridgehead atoms. The van der Waals surface area contributed by atoms with E-state index < -0.39 is 23.9 Å². The maximum absolute atomic E-state index is 11.4. The number of nitrogens with one attached hydrogen (secondary N) is 1. The summed E-state index contributed by atoms with van der Waals surface area (Å²) in [5.74, 6) is -2.82. The molecule has 0 spiro atoms. The minimum atomic E-state index is -1.23. The van der Waals surface area contributed by atoms with Crippen molar-refractivity contribution in [2.75, 3.05) is 0 Å². The lowest BCUT2D eigenvalue weighted by Crippen LogP contribution is -2.40. The van der Waals surface area contributed by atoms with Crippen LogP contribution in [0.1, 0.15) is 45.4 Å². The Morgan fingerprint density at radius 1 is 1.21 bits per heavy atom. The average Bonchev–Trinajstić information content (AvgIpc) is 2.33. The van der Waals surface area contributed by atoms with Crippen LogP contribution in [0.25, 0.3) is 0 Å². The molecule has 1 amide bonds. The monoisotopic (exact) mass is 271 g/mol. The summed E-state index contributed by atoms with van der Waals surface area (Å²) < 4.78 is 0. The Morgan fingerprint density at radius 2 is 1.89 bits per heavy atom. The zero-order valence-electron chi connectivity index (χ0n) is 11.1. The van der Waals surface area contributed by atoms with Gasteiger partial charge in [0.25, 0.3) is 0 Å². The third-order valence-electron chi connectivity index (χ3n) is 2.51. The van der Waals surface area contributed by atoms with E-state index in [1.54, 1.807) is 6.08 Å². The number of allylic oxidation sites excluding steroid dienone is 1. The molecule has 0 radical (unpaired) electrons. The average molecular weight is 271 g/mol. The summed E-state index contributed by atoms with van der Waals surface area (Å²) in [6, 6.07) is -1.16. The molecule has 6 nitrogen and oxygen atoms in total. The second kappa shape index (κ2) is 10.1. The van der Waals surface area contributed by atoms with Crippen LogP contribution in [0.15, 0.2) is 12.2 Å². The first kappa shape index (κ1) is 17.2. The Bertz CT molecular complexity index is 338. The molecule has 1 atom stereocenters. The lowest BCUT2D eigenvalue weighted by Gasteiger charge is -2.11. The van der Waals surface area contributed by atoms with Gasteiger partial charge in [-0.15, -0.1) is 0 Å². The van der Waals surface area contributed by atoms with Gasteiger partial charge in [-0.05, 0) is 25.3 Å². The third kappa shape index (κ3) is 9.82. The molecule has 1 unspecified atom stereocenters. The molecular formula is C13H21NO5. The Labute approximate surface area is 112 Å². The first-order valence-corrected chi connectivity index (χ1v) is 6.39. The van der Waals surface area contributed by atoms with Crippen molar-refractivity contribution in [2.24, 2.45) is 0 Å². The molecule has 0 saturated heterocycles. The molecule has 108 valence electrons. The molecule has 0 saturated carbocycles. The smallest absolute Gasteiger partial charge is 0.326 e. The highest BCUT2D eigenvalue weighted by molar-refractivity contribution is 5.91. The molecule has 0 aromatic carbocycles. The van der Waals surface area contributed by atoms with E-state index in [-0.39, 0.29) is 12.8 Å². The maximum atomic E-state index is 11.4. The van der Waals surface area contributed by atoms with Crippen LogP contribution < -0.4 is 5.32 Å². The molecule has 0 heterocycles. The Balaban J connectivity index is 4.09. The molecule has 0 aromatic heterocycles. The van der Waals surface area contributed by atoms with Crippen molar-refractivity contribution in [3.05, 3.63) is 12.2 Å². The number of carboxylic acid groups (broad SMARTS) is 2. The van der Waals surface area contributed by atoms with Crippen molar-refractivity contribution < 1.29 is 24.6 Å². The highest BCUT2D eigenvalue weighted by Crippen LogP contribution is 2.01. The summed E-state index contributed by atoms with van der Waals surface area (Å²) in [4.78, 5) is 32.6. The fourth-order valence-electron chi connectivity index (χ4n) is 1.45. The SMILES string of the molecule is CCCCC/C=C/C(=O)NC(CCC(=O)O)C(=O)O. The van der Waals surface area contributed by atoms with Gasteiger partial charge in [0.1, 0.15) is 6.04 Å². The normalized spacial score (nSPS) is 12.3. The number of carboxylic acids is 2. The molecule has 0 aliphatic rings. The van der Waals surface area contributed by atoms with Crippen LogP contribution >= 0.6 is 0 Å². The van der Waals surface area contributed by atoms with Crippen molar-refractivity contribution >= 4 is 17.8 Å². The van der Waals surface area contributed by atoms with E-state index in [0.717, 1.165) is 25.7 Å². The van der Waals surface area contributed by atoms with Gasteiger partial charge in [0.2, 0.25) is 5.91 Å². The van der Waals surface area contributed by atoms with Gasteiger partial charge in [0, 0.05) is 6.42 Å². The maximum Gasteiger partial charge on any atom is 0.326 e. The molecular weight excluding hydrogens is 250 g/mol. The zero-order chi connectivity index (χ0) is 14.7. The fourth-order valence-corrected chi connectivity index (χ4v) is 1.45. The summed E-state index contributed by atoms with van der Waals surface area (Å²) in [7, 11) is 0. The van der Waals surface area contributed by atoms with E-state index in [0.29, 0.717) is 0 Å². The minimum absolute atomic E-state index is 0.125. The summed E-state index contributed by atoms with van der Waals surface area (Å²) >= 11 is 0. The second-order valence-electron chi connectivity index (χ2n) is 4.23. The molecule has 0 aromatic rings. The zero-order valence-corrected chi connectivity index (χ0v) is 11.1. The van der Waals surface area contributed by atoms with E-state index in [1.807, 2.05) is 0 Å². The Kier molecular flexibility index (Phi) is 9.12. The lowest BCUT2D eigenvalue weighted by molar-refractivity contribution is -0.142. The summed E-state index contributed by atoms with van der Waals surface area (Å²) in [6.07, 6.45) is 6.51. The number of amides is 1.